The molecule has 0 unspecified atom stereocenters. The van der Waals surface area contributed by atoms with Gasteiger partial charge in [0.1, 0.15) is 0 Å². The van der Waals surface area contributed by atoms with Crippen LogP contribution in [0.25, 0.3) is 0 Å². The summed E-state index contributed by atoms with van der Waals surface area (Å²) in [5.41, 5.74) is 0. The first-order valence-corrected chi connectivity index (χ1v) is 3.87. The van der Waals surface area contributed by atoms with Crippen LogP contribution in [-0.4, -0.2) is 30.6 Å². The fourth-order valence-electron chi connectivity index (χ4n) is 1.32. The number of rotatable bonds is 2. The van der Waals surface area contributed by atoms with E-state index in [1.807, 2.05) is 7.05 Å². The van der Waals surface area contributed by atoms with Gasteiger partial charge in [-0.05, 0) is 32.5 Å². The van der Waals surface area contributed by atoms with E-state index in [1.54, 1.807) is 0 Å². The summed E-state index contributed by atoms with van der Waals surface area (Å²) in [6, 6.07) is 0. The largest absolute Gasteiger partial charge is 0.337 e. The summed E-state index contributed by atoms with van der Waals surface area (Å²) in [6.45, 7) is 4.47. The average molecular weight is 154 g/mol. The van der Waals surface area contributed by atoms with Crippen LogP contribution in [0, 0.1) is 0 Å². The minimum Gasteiger partial charge on any atom is -0.337 e. The lowest BCUT2D eigenvalue weighted by Crippen LogP contribution is -2.41. The summed E-state index contributed by atoms with van der Waals surface area (Å²) in [4.78, 5) is 13.0. The Labute approximate surface area is 67.1 Å². The van der Waals surface area contributed by atoms with Crippen molar-refractivity contribution in [1.29, 1.82) is 0 Å². The second kappa shape index (κ2) is 3.53. The second-order valence-electron chi connectivity index (χ2n) is 2.85. The molecule has 1 heterocycles. The molecule has 62 valence electrons. The molecule has 1 aliphatic heterocycles. The van der Waals surface area contributed by atoms with Crippen LogP contribution in [0.5, 0.6) is 0 Å². The Kier molecular flexibility index (Phi) is 2.65. The highest BCUT2D eigenvalue weighted by Gasteiger charge is 2.20. The minimum atomic E-state index is -0.0799. The number of likely N-dealkylation sites (tertiary alicyclic amines) is 1. The van der Waals surface area contributed by atoms with Gasteiger partial charge in [0.25, 0.3) is 0 Å². The van der Waals surface area contributed by atoms with E-state index < -0.39 is 0 Å². The highest BCUT2D eigenvalue weighted by molar-refractivity contribution is 5.87. The lowest BCUT2D eigenvalue weighted by molar-refractivity contribution is -0.117. The molecule has 0 spiro atoms. The maximum atomic E-state index is 10.9. The van der Waals surface area contributed by atoms with Crippen molar-refractivity contribution in [2.45, 2.75) is 19.0 Å². The summed E-state index contributed by atoms with van der Waals surface area (Å²) >= 11 is 0. The highest BCUT2D eigenvalue weighted by Crippen LogP contribution is 2.11. The maximum absolute atomic E-state index is 10.9. The molecule has 1 rings (SSSR count). The molecule has 1 atom stereocenters. The molecule has 0 aromatic carbocycles. The molecular weight excluding hydrogens is 140 g/mol. The highest BCUT2D eigenvalue weighted by atomic mass is 16.1. The lowest BCUT2D eigenvalue weighted by Gasteiger charge is -2.19. The van der Waals surface area contributed by atoms with Crippen LogP contribution in [0.3, 0.4) is 0 Å². The van der Waals surface area contributed by atoms with E-state index in [4.69, 9.17) is 0 Å². The van der Waals surface area contributed by atoms with Gasteiger partial charge in [0, 0.05) is 0 Å². The van der Waals surface area contributed by atoms with Gasteiger partial charge < -0.3 is 5.32 Å². The van der Waals surface area contributed by atoms with Gasteiger partial charge in [-0.1, -0.05) is 6.58 Å². The molecule has 0 bridgehead atoms. The zero-order valence-electron chi connectivity index (χ0n) is 6.84. The van der Waals surface area contributed by atoms with Gasteiger partial charge in [-0.3, -0.25) is 9.69 Å². The van der Waals surface area contributed by atoms with Crippen LogP contribution >= 0.6 is 0 Å². The number of amides is 1. The first-order valence-electron chi connectivity index (χ1n) is 3.87. The third-order valence-corrected chi connectivity index (χ3v) is 2.01. The van der Waals surface area contributed by atoms with E-state index in [0.29, 0.717) is 0 Å². The molecule has 1 N–H and O–H groups in total. The maximum Gasteiger partial charge on any atom is 0.244 e. The smallest absolute Gasteiger partial charge is 0.244 e. The molecule has 3 nitrogen and oxygen atoms in total. The molecule has 0 saturated carbocycles. The SMILES string of the molecule is C=CC(=O)N[C@H]1CCCN1C. The Bertz CT molecular complexity index is 167. The first-order chi connectivity index (χ1) is 5.24. The molecule has 0 aliphatic carbocycles. The van der Waals surface area contributed by atoms with Crippen LogP contribution < -0.4 is 5.32 Å². The van der Waals surface area contributed by atoms with Gasteiger partial charge in [0.15, 0.2) is 0 Å². The number of carbonyl (C=O) groups excluding carboxylic acids is 1. The normalized spacial score (nSPS) is 25.0. The van der Waals surface area contributed by atoms with Gasteiger partial charge in [-0.15, -0.1) is 0 Å². The van der Waals surface area contributed by atoms with Crippen molar-refractivity contribution in [3.05, 3.63) is 12.7 Å². The van der Waals surface area contributed by atoms with Crippen molar-refractivity contribution in [1.82, 2.24) is 10.2 Å². The second-order valence-corrected chi connectivity index (χ2v) is 2.85. The monoisotopic (exact) mass is 154 g/mol. The van der Waals surface area contributed by atoms with Gasteiger partial charge in [0.05, 0.1) is 6.17 Å². The number of nitrogens with one attached hydrogen (secondary N) is 1. The lowest BCUT2D eigenvalue weighted by atomic mass is 10.3. The number of hydrogen-bond acceptors (Lipinski definition) is 2. The van der Waals surface area contributed by atoms with Crippen molar-refractivity contribution in [3.8, 4) is 0 Å². The Morgan fingerprint density at radius 2 is 2.55 bits per heavy atom. The summed E-state index contributed by atoms with van der Waals surface area (Å²) in [5, 5.41) is 2.85. The van der Waals surface area contributed by atoms with Crippen LogP contribution in [0.2, 0.25) is 0 Å². The van der Waals surface area contributed by atoms with Crippen molar-refractivity contribution < 1.29 is 4.79 Å². The molecule has 1 aliphatic rings. The quantitative estimate of drug-likeness (QED) is 0.582. The predicted octanol–water partition coefficient (Wildman–Crippen LogP) is 0.340. The summed E-state index contributed by atoms with van der Waals surface area (Å²) in [6.07, 6.45) is 3.75. The van der Waals surface area contributed by atoms with Crippen LogP contribution in [0.1, 0.15) is 12.8 Å². The van der Waals surface area contributed by atoms with E-state index in [-0.39, 0.29) is 12.1 Å². The van der Waals surface area contributed by atoms with Crippen molar-refractivity contribution >= 4 is 5.91 Å². The fourth-order valence-corrected chi connectivity index (χ4v) is 1.32. The zero-order valence-corrected chi connectivity index (χ0v) is 6.84. The zero-order chi connectivity index (χ0) is 8.27. The van der Waals surface area contributed by atoms with Crippen molar-refractivity contribution in [3.63, 3.8) is 0 Å². The first kappa shape index (κ1) is 8.27. The third-order valence-electron chi connectivity index (χ3n) is 2.01. The van der Waals surface area contributed by atoms with Gasteiger partial charge in [0.2, 0.25) is 5.91 Å². The van der Waals surface area contributed by atoms with Gasteiger partial charge in [-0.2, -0.15) is 0 Å². The molecule has 3 heteroatoms. The van der Waals surface area contributed by atoms with E-state index in [0.717, 1.165) is 13.0 Å². The third kappa shape index (κ3) is 2.05. The average Bonchev–Trinajstić information content (AvgIpc) is 2.37. The summed E-state index contributed by atoms with van der Waals surface area (Å²) in [7, 11) is 2.01. The molecule has 0 aromatic rings. The number of hydrogen-bond donors (Lipinski definition) is 1. The van der Waals surface area contributed by atoms with Crippen molar-refractivity contribution in [2.75, 3.05) is 13.6 Å². The van der Waals surface area contributed by atoms with Gasteiger partial charge in [-0.25, -0.2) is 0 Å². The van der Waals surface area contributed by atoms with E-state index >= 15 is 0 Å². The number of nitrogens with zero attached hydrogens (tertiary/aromatic N) is 1. The van der Waals surface area contributed by atoms with E-state index in [9.17, 15) is 4.79 Å². The Hall–Kier alpha value is -0.830. The van der Waals surface area contributed by atoms with Crippen molar-refractivity contribution in [2.24, 2.45) is 0 Å². The minimum absolute atomic E-state index is 0.0799. The molecule has 0 radical (unpaired) electrons. The van der Waals surface area contributed by atoms with Crippen LogP contribution in [0.4, 0.5) is 0 Å². The van der Waals surface area contributed by atoms with Crippen LogP contribution in [0.15, 0.2) is 12.7 Å². The topological polar surface area (TPSA) is 32.3 Å². The van der Waals surface area contributed by atoms with E-state index in [2.05, 4.69) is 16.8 Å². The fraction of sp³-hybridized carbons (Fsp3) is 0.625. The molecule has 11 heavy (non-hydrogen) atoms. The van der Waals surface area contributed by atoms with Crippen LogP contribution in [-0.2, 0) is 4.79 Å². The standard InChI is InChI=1S/C8H14N2O/c1-3-8(11)9-7-5-4-6-10(7)2/h3,7H,1,4-6H2,2H3,(H,9,11)/t7-/m1/s1. The molecule has 1 amide bonds. The Morgan fingerprint density at radius 3 is 3.00 bits per heavy atom. The molecule has 0 aromatic heterocycles. The van der Waals surface area contributed by atoms with Gasteiger partial charge >= 0.3 is 0 Å². The molecule has 1 saturated heterocycles. The molecular formula is C8H14N2O. The Balaban J connectivity index is 2.36. The predicted molar refractivity (Wildman–Crippen MR) is 44.0 cm³/mol. The summed E-state index contributed by atoms with van der Waals surface area (Å²) in [5.74, 6) is -0.0799. The molecule has 1 fully saturated rings. The van der Waals surface area contributed by atoms with E-state index in [1.165, 1.54) is 12.5 Å². The number of carbonyl (C=O) groups is 1. The Morgan fingerprint density at radius 1 is 1.82 bits per heavy atom. The summed E-state index contributed by atoms with van der Waals surface area (Å²) < 4.78 is 0.